The highest BCUT2D eigenvalue weighted by Gasteiger charge is 2.36. The third-order valence-electron chi connectivity index (χ3n) is 4.22. The summed E-state index contributed by atoms with van der Waals surface area (Å²) in [7, 11) is 0. The average Bonchev–Trinajstić information content (AvgIpc) is 2.29. The maximum Gasteiger partial charge on any atom is 0.0730 e. The van der Waals surface area contributed by atoms with Gasteiger partial charge >= 0.3 is 0 Å². The van der Waals surface area contributed by atoms with Gasteiger partial charge in [-0.2, -0.15) is 0 Å². The lowest BCUT2D eigenvalue weighted by atomic mass is 9.88. The van der Waals surface area contributed by atoms with Crippen molar-refractivity contribution in [2.75, 3.05) is 19.7 Å². The monoisotopic (exact) mass is 226 g/mol. The van der Waals surface area contributed by atoms with Gasteiger partial charge in [-0.1, -0.05) is 19.8 Å². The molecular weight excluding hydrogens is 200 g/mol. The minimum absolute atomic E-state index is 0.0423. The molecule has 3 heteroatoms. The Morgan fingerprint density at radius 1 is 1.38 bits per heavy atom. The molecule has 0 radical (unpaired) electrons. The van der Waals surface area contributed by atoms with Crippen molar-refractivity contribution < 1.29 is 4.74 Å². The molecule has 3 atom stereocenters. The van der Waals surface area contributed by atoms with Gasteiger partial charge in [-0.25, -0.2) is 0 Å². The Hall–Kier alpha value is -0.120. The van der Waals surface area contributed by atoms with Crippen LogP contribution < -0.4 is 5.73 Å². The van der Waals surface area contributed by atoms with E-state index in [1.807, 2.05) is 0 Å². The van der Waals surface area contributed by atoms with Crippen molar-refractivity contribution in [1.82, 2.24) is 4.90 Å². The summed E-state index contributed by atoms with van der Waals surface area (Å²) < 4.78 is 5.88. The maximum absolute atomic E-state index is 6.29. The van der Waals surface area contributed by atoms with E-state index in [-0.39, 0.29) is 5.54 Å². The lowest BCUT2D eigenvalue weighted by Crippen LogP contribution is -2.58. The lowest BCUT2D eigenvalue weighted by Gasteiger charge is -2.46. The zero-order valence-corrected chi connectivity index (χ0v) is 10.7. The minimum Gasteiger partial charge on any atom is -0.375 e. The minimum atomic E-state index is -0.0423. The molecular formula is C13H26N2O. The number of nitrogens with two attached hydrogens (primary N) is 1. The van der Waals surface area contributed by atoms with Gasteiger partial charge in [-0.15, -0.1) is 0 Å². The Morgan fingerprint density at radius 3 is 2.88 bits per heavy atom. The molecule has 1 saturated heterocycles. The molecule has 1 aliphatic heterocycles. The van der Waals surface area contributed by atoms with E-state index >= 15 is 0 Å². The van der Waals surface area contributed by atoms with Gasteiger partial charge in [0.15, 0.2) is 0 Å². The van der Waals surface area contributed by atoms with Crippen molar-refractivity contribution in [3.63, 3.8) is 0 Å². The van der Waals surface area contributed by atoms with Crippen LogP contribution in [0.2, 0.25) is 0 Å². The highest BCUT2D eigenvalue weighted by atomic mass is 16.5. The summed E-state index contributed by atoms with van der Waals surface area (Å²) in [4.78, 5) is 2.58. The van der Waals surface area contributed by atoms with E-state index in [0.717, 1.165) is 26.1 Å². The maximum atomic E-state index is 6.29. The first-order valence-corrected chi connectivity index (χ1v) is 6.77. The fourth-order valence-electron chi connectivity index (χ4n) is 2.95. The summed E-state index contributed by atoms with van der Waals surface area (Å²) >= 11 is 0. The molecule has 0 amide bonds. The van der Waals surface area contributed by atoms with Gasteiger partial charge < -0.3 is 10.5 Å². The first-order valence-electron chi connectivity index (χ1n) is 6.77. The standard InChI is InChI=1S/C13H26N2O/c1-3-13(2,14)10-15-8-9-16-12-7-5-4-6-11(12)15/h11-12H,3-10,14H2,1-2H3. The van der Waals surface area contributed by atoms with Crippen LogP contribution in [0, 0.1) is 0 Å². The van der Waals surface area contributed by atoms with Crippen molar-refractivity contribution in [2.24, 2.45) is 5.73 Å². The molecule has 2 N–H and O–H groups in total. The molecule has 94 valence electrons. The molecule has 0 bridgehead atoms. The Morgan fingerprint density at radius 2 is 2.12 bits per heavy atom. The Balaban J connectivity index is 1.97. The fourth-order valence-corrected chi connectivity index (χ4v) is 2.95. The molecule has 3 nitrogen and oxygen atoms in total. The van der Waals surface area contributed by atoms with E-state index < -0.39 is 0 Å². The van der Waals surface area contributed by atoms with Gasteiger partial charge in [0.1, 0.15) is 0 Å². The summed E-state index contributed by atoms with van der Waals surface area (Å²) in [5.74, 6) is 0. The van der Waals surface area contributed by atoms with E-state index in [1.54, 1.807) is 0 Å². The first-order chi connectivity index (χ1) is 7.62. The Kier molecular flexibility index (Phi) is 3.88. The number of rotatable bonds is 3. The van der Waals surface area contributed by atoms with Crippen molar-refractivity contribution in [3.05, 3.63) is 0 Å². The van der Waals surface area contributed by atoms with Gasteiger partial charge in [-0.05, 0) is 26.2 Å². The Bertz CT molecular complexity index is 228. The Labute approximate surface area is 99.3 Å². The average molecular weight is 226 g/mol. The first kappa shape index (κ1) is 12.3. The highest BCUT2D eigenvalue weighted by Crippen LogP contribution is 2.29. The molecule has 0 aromatic rings. The number of ether oxygens (including phenoxy) is 1. The smallest absolute Gasteiger partial charge is 0.0730 e. The second-order valence-electron chi connectivity index (χ2n) is 5.74. The van der Waals surface area contributed by atoms with Crippen LogP contribution in [0.3, 0.4) is 0 Å². The van der Waals surface area contributed by atoms with E-state index in [4.69, 9.17) is 10.5 Å². The van der Waals surface area contributed by atoms with Crippen LogP contribution in [0.5, 0.6) is 0 Å². The molecule has 2 rings (SSSR count). The predicted molar refractivity (Wildman–Crippen MR) is 66.5 cm³/mol. The van der Waals surface area contributed by atoms with Gasteiger partial charge in [0, 0.05) is 24.7 Å². The number of fused-ring (bicyclic) bond motifs is 1. The molecule has 0 spiro atoms. The van der Waals surface area contributed by atoms with E-state index in [0.29, 0.717) is 12.1 Å². The second-order valence-corrected chi connectivity index (χ2v) is 5.74. The summed E-state index contributed by atoms with van der Waals surface area (Å²) in [5, 5.41) is 0. The van der Waals surface area contributed by atoms with Gasteiger partial charge in [-0.3, -0.25) is 4.90 Å². The van der Waals surface area contributed by atoms with E-state index in [2.05, 4.69) is 18.7 Å². The van der Waals surface area contributed by atoms with Crippen molar-refractivity contribution in [3.8, 4) is 0 Å². The van der Waals surface area contributed by atoms with Crippen molar-refractivity contribution in [1.29, 1.82) is 0 Å². The van der Waals surface area contributed by atoms with Crippen LogP contribution >= 0.6 is 0 Å². The normalized spacial score (nSPS) is 35.4. The molecule has 16 heavy (non-hydrogen) atoms. The van der Waals surface area contributed by atoms with E-state index in [1.165, 1.54) is 25.7 Å². The van der Waals surface area contributed by atoms with Crippen molar-refractivity contribution in [2.45, 2.75) is 63.6 Å². The van der Waals surface area contributed by atoms with Crippen LogP contribution in [0.25, 0.3) is 0 Å². The van der Waals surface area contributed by atoms with Crippen LogP contribution in [-0.2, 0) is 4.74 Å². The van der Waals surface area contributed by atoms with Crippen LogP contribution in [0.15, 0.2) is 0 Å². The summed E-state index contributed by atoms with van der Waals surface area (Å²) in [6.07, 6.45) is 6.76. The van der Waals surface area contributed by atoms with Gasteiger partial charge in [0.25, 0.3) is 0 Å². The topological polar surface area (TPSA) is 38.5 Å². The highest BCUT2D eigenvalue weighted by molar-refractivity contribution is 4.91. The number of morpholine rings is 1. The fraction of sp³-hybridized carbons (Fsp3) is 1.00. The molecule has 1 heterocycles. The van der Waals surface area contributed by atoms with E-state index in [9.17, 15) is 0 Å². The SMILES string of the molecule is CCC(C)(N)CN1CCOC2CCCCC21. The second kappa shape index (κ2) is 5.03. The number of hydrogen-bond acceptors (Lipinski definition) is 3. The molecule has 2 fully saturated rings. The predicted octanol–water partition coefficient (Wildman–Crippen LogP) is 1.76. The molecule has 1 aliphatic carbocycles. The zero-order valence-electron chi connectivity index (χ0n) is 10.7. The van der Waals surface area contributed by atoms with Crippen molar-refractivity contribution >= 4 is 0 Å². The molecule has 1 saturated carbocycles. The van der Waals surface area contributed by atoms with Crippen LogP contribution in [0.4, 0.5) is 0 Å². The quantitative estimate of drug-likeness (QED) is 0.797. The molecule has 3 unspecified atom stereocenters. The molecule has 0 aromatic heterocycles. The summed E-state index contributed by atoms with van der Waals surface area (Å²) in [6, 6.07) is 0.636. The zero-order chi connectivity index (χ0) is 11.6. The number of nitrogens with zero attached hydrogens (tertiary/aromatic N) is 1. The van der Waals surface area contributed by atoms with Crippen LogP contribution in [-0.4, -0.2) is 42.3 Å². The molecule has 2 aliphatic rings. The third kappa shape index (κ3) is 2.76. The summed E-state index contributed by atoms with van der Waals surface area (Å²) in [6.45, 7) is 7.32. The lowest BCUT2D eigenvalue weighted by molar-refractivity contribution is -0.0928. The third-order valence-corrected chi connectivity index (χ3v) is 4.22. The van der Waals surface area contributed by atoms with Crippen LogP contribution in [0.1, 0.15) is 46.0 Å². The molecule has 0 aromatic carbocycles. The largest absolute Gasteiger partial charge is 0.375 e. The van der Waals surface area contributed by atoms with Gasteiger partial charge in [0.05, 0.1) is 12.7 Å². The number of hydrogen-bond donors (Lipinski definition) is 1. The van der Waals surface area contributed by atoms with Gasteiger partial charge in [0.2, 0.25) is 0 Å². The summed E-state index contributed by atoms with van der Waals surface area (Å²) in [5.41, 5.74) is 6.24.